The second kappa shape index (κ2) is 6.74. The number of hydrogen-bond donors (Lipinski definition) is 1. The fourth-order valence-corrected chi connectivity index (χ4v) is 3.55. The van der Waals surface area contributed by atoms with Gasteiger partial charge in [-0.1, -0.05) is 12.1 Å². The van der Waals surface area contributed by atoms with Crippen LogP contribution in [0, 0.1) is 5.95 Å². The third-order valence-electron chi connectivity index (χ3n) is 4.87. The van der Waals surface area contributed by atoms with Crippen LogP contribution < -0.4 is 5.32 Å². The first-order valence-corrected chi connectivity index (χ1v) is 8.70. The molecule has 0 radical (unpaired) electrons. The SMILES string of the molecule is Cn1c(C2CCCN(C(=O)Nc3ccc(F)nc3)C2)nc2ccccc21. The monoisotopic (exact) mass is 353 g/mol. The molecule has 0 bridgehead atoms. The highest BCUT2D eigenvalue weighted by Gasteiger charge is 2.28. The third-order valence-corrected chi connectivity index (χ3v) is 4.87. The van der Waals surface area contributed by atoms with Gasteiger partial charge >= 0.3 is 6.03 Å². The minimum absolute atomic E-state index is 0.193. The van der Waals surface area contributed by atoms with E-state index >= 15 is 0 Å². The number of nitrogens with one attached hydrogen (secondary N) is 1. The standard InChI is InChI=1S/C19H20FN5O/c1-24-16-7-3-2-6-15(16)23-18(24)13-5-4-10-25(12-13)19(26)22-14-8-9-17(20)21-11-14/h2-3,6-9,11,13H,4-5,10,12H2,1H3,(H,22,26). The summed E-state index contributed by atoms with van der Waals surface area (Å²) in [5.74, 6) is 0.633. The number of fused-ring (bicyclic) bond motifs is 1. The van der Waals surface area contributed by atoms with Crippen molar-refractivity contribution in [3.8, 4) is 0 Å². The van der Waals surface area contributed by atoms with Crippen LogP contribution in [-0.4, -0.2) is 38.6 Å². The molecule has 26 heavy (non-hydrogen) atoms. The molecule has 1 aromatic carbocycles. The van der Waals surface area contributed by atoms with Gasteiger partial charge in [0.1, 0.15) is 5.82 Å². The van der Waals surface area contributed by atoms with Gasteiger partial charge in [0, 0.05) is 26.1 Å². The lowest BCUT2D eigenvalue weighted by atomic mass is 9.97. The normalized spacial score (nSPS) is 17.5. The average Bonchev–Trinajstić information content (AvgIpc) is 3.01. The van der Waals surface area contributed by atoms with Gasteiger partial charge in [0.25, 0.3) is 0 Å². The summed E-state index contributed by atoms with van der Waals surface area (Å²) in [7, 11) is 2.02. The number of hydrogen-bond acceptors (Lipinski definition) is 3. The number of nitrogens with zero attached hydrogens (tertiary/aromatic N) is 4. The Morgan fingerprint density at radius 3 is 2.88 bits per heavy atom. The zero-order valence-corrected chi connectivity index (χ0v) is 14.5. The van der Waals surface area contributed by atoms with Gasteiger partial charge in [-0.25, -0.2) is 14.8 Å². The highest BCUT2D eigenvalue weighted by atomic mass is 19.1. The molecule has 0 aliphatic carbocycles. The maximum atomic E-state index is 12.9. The molecule has 1 atom stereocenters. The number of amides is 2. The first-order valence-electron chi connectivity index (χ1n) is 8.70. The van der Waals surface area contributed by atoms with Crippen LogP contribution in [0.2, 0.25) is 0 Å². The van der Waals surface area contributed by atoms with Crippen molar-refractivity contribution in [3.05, 3.63) is 54.4 Å². The number of halogens is 1. The van der Waals surface area contributed by atoms with Crippen molar-refractivity contribution in [2.24, 2.45) is 7.05 Å². The number of likely N-dealkylation sites (tertiary alicyclic amines) is 1. The molecule has 2 amide bonds. The van der Waals surface area contributed by atoms with Crippen LogP contribution >= 0.6 is 0 Å². The summed E-state index contributed by atoms with van der Waals surface area (Å²) in [4.78, 5) is 22.7. The van der Waals surface area contributed by atoms with Crippen molar-refractivity contribution in [2.75, 3.05) is 18.4 Å². The molecule has 1 unspecified atom stereocenters. The summed E-state index contributed by atoms with van der Waals surface area (Å²) in [6.07, 6.45) is 3.24. The molecule has 134 valence electrons. The second-order valence-corrected chi connectivity index (χ2v) is 6.60. The molecule has 7 heteroatoms. The van der Waals surface area contributed by atoms with Crippen molar-refractivity contribution >= 4 is 22.8 Å². The Labute approximate surface area is 150 Å². The van der Waals surface area contributed by atoms with Gasteiger partial charge in [-0.2, -0.15) is 4.39 Å². The minimum Gasteiger partial charge on any atom is -0.331 e. The van der Waals surface area contributed by atoms with Gasteiger partial charge in [-0.05, 0) is 37.1 Å². The van der Waals surface area contributed by atoms with E-state index in [-0.39, 0.29) is 11.9 Å². The number of anilines is 1. The zero-order valence-electron chi connectivity index (χ0n) is 14.5. The zero-order chi connectivity index (χ0) is 18.1. The van der Waals surface area contributed by atoms with E-state index in [9.17, 15) is 9.18 Å². The maximum absolute atomic E-state index is 12.9. The smallest absolute Gasteiger partial charge is 0.321 e. The Kier molecular flexibility index (Phi) is 4.28. The first kappa shape index (κ1) is 16.5. The minimum atomic E-state index is -0.567. The predicted molar refractivity (Wildman–Crippen MR) is 97.5 cm³/mol. The van der Waals surface area contributed by atoms with Crippen LogP contribution in [-0.2, 0) is 7.05 Å². The second-order valence-electron chi connectivity index (χ2n) is 6.60. The topological polar surface area (TPSA) is 63.1 Å². The molecule has 1 aliphatic heterocycles. The van der Waals surface area contributed by atoms with Gasteiger partial charge in [0.2, 0.25) is 5.95 Å². The molecule has 3 aromatic rings. The van der Waals surface area contributed by atoms with E-state index in [1.807, 2.05) is 25.2 Å². The van der Waals surface area contributed by atoms with Crippen LogP contribution in [0.4, 0.5) is 14.9 Å². The summed E-state index contributed by atoms with van der Waals surface area (Å²) in [6.45, 7) is 1.30. The lowest BCUT2D eigenvalue weighted by Gasteiger charge is -2.32. The van der Waals surface area contributed by atoms with E-state index in [1.165, 1.54) is 18.3 Å². The number of aryl methyl sites for hydroxylation is 1. The maximum Gasteiger partial charge on any atom is 0.321 e. The Balaban J connectivity index is 1.50. The van der Waals surface area contributed by atoms with Crippen LogP contribution in [0.15, 0.2) is 42.6 Å². The average molecular weight is 353 g/mol. The Morgan fingerprint density at radius 1 is 1.27 bits per heavy atom. The number of imidazole rings is 1. The van der Waals surface area contributed by atoms with Gasteiger partial charge in [-0.15, -0.1) is 0 Å². The summed E-state index contributed by atoms with van der Waals surface area (Å²) in [5, 5.41) is 2.78. The van der Waals surface area contributed by atoms with Crippen molar-refractivity contribution in [1.29, 1.82) is 0 Å². The number of para-hydroxylation sites is 2. The molecule has 1 aliphatic rings. The highest BCUT2D eigenvalue weighted by Crippen LogP contribution is 2.28. The number of aromatic nitrogens is 3. The molecule has 4 rings (SSSR count). The van der Waals surface area contributed by atoms with Crippen molar-refractivity contribution in [1.82, 2.24) is 19.4 Å². The van der Waals surface area contributed by atoms with E-state index < -0.39 is 5.95 Å². The molecular formula is C19H20FN5O. The van der Waals surface area contributed by atoms with Gasteiger partial charge in [-0.3, -0.25) is 0 Å². The van der Waals surface area contributed by atoms with Gasteiger partial charge in [0.15, 0.2) is 0 Å². The lowest BCUT2D eigenvalue weighted by molar-refractivity contribution is 0.191. The van der Waals surface area contributed by atoms with Crippen molar-refractivity contribution < 1.29 is 9.18 Å². The Morgan fingerprint density at radius 2 is 2.12 bits per heavy atom. The molecule has 0 spiro atoms. The van der Waals surface area contributed by atoms with Gasteiger partial charge < -0.3 is 14.8 Å². The van der Waals surface area contributed by atoms with Crippen LogP contribution in [0.5, 0.6) is 0 Å². The molecule has 0 saturated carbocycles. The quantitative estimate of drug-likeness (QED) is 0.717. The Hall–Kier alpha value is -2.96. The molecule has 3 heterocycles. The van der Waals surface area contributed by atoms with E-state index in [0.717, 1.165) is 29.7 Å². The van der Waals surface area contributed by atoms with E-state index in [0.29, 0.717) is 18.8 Å². The van der Waals surface area contributed by atoms with Crippen LogP contribution in [0.25, 0.3) is 11.0 Å². The molecule has 1 saturated heterocycles. The molecule has 2 aromatic heterocycles. The summed E-state index contributed by atoms with van der Waals surface area (Å²) in [6, 6.07) is 10.6. The molecule has 6 nitrogen and oxygen atoms in total. The number of benzene rings is 1. The van der Waals surface area contributed by atoms with Crippen molar-refractivity contribution in [2.45, 2.75) is 18.8 Å². The number of carbonyl (C=O) groups is 1. The third kappa shape index (κ3) is 3.12. The Bertz CT molecular complexity index is 937. The highest BCUT2D eigenvalue weighted by molar-refractivity contribution is 5.89. The number of rotatable bonds is 2. The first-order chi connectivity index (χ1) is 12.6. The van der Waals surface area contributed by atoms with E-state index in [4.69, 9.17) is 4.98 Å². The summed E-state index contributed by atoms with van der Waals surface area (Å²) in [5.41, 5.74) is 2.56. The fraction of sp³-hybridized carbons (Fsp3) is 0.316. The van der Waals surface area contributed by atoms with Crippen molar-refractivity contribution in [3.63, 3.8) is 0 Å². The summed E-state index contributed by atoms with van der Waals surface area (Å²) < 4.78 is 15.0. The number of urea groups is 1. The number of pyridine rings is 1. The number of carbonyl (C=O) groups excluding carboxylic acids is 1. The van der Waals surface area contributed by atoms with Gasteiger partial charge in [0.05, 0.1) is 22.9 Å². The largest absolute Gasteiger partial charge is 0.331 e. The van der Waals surface area contributed by atoms with Crippen LogP contribution in [0.1, 0.15) is 24.6 Å². The van der Waals surface area contributed by atoms with E-state index in [1.54, 1.807) is 4.90 Å². The molecule has 1 fully saturated rings. The predicted octanol–water partition coefficient (Wildman–Crippen LogP) is 3.52. The number of piperidine rings is 1. The summed E-state index contributed by atoms with van der Waals surface area (Å²) >= 11 is 0. The fourth-order valence-electron chi connectivity index (χ4n) is 3.55. The van der Waals surface area contributed by atoms with E-state index in [2.05, 4.69) is 20.9 Å². The van der Waals surface area contributed by atoms with Crippen LogP contribution in [0.3, 0.4) is 0 Å². The lowest BCUT2D eigenvalue weighted by Crippen LogP contribution is -2.42. The molecule has 1 N–H and O–H groups in total. The molecular weight excluding hydrogens is 333 g/mol.